The minimum atomic E-state index is -0.949. The summed E-state index contributed by atoms with van der Waals surface area (Å²) in [5, 5.41) is 16.7. The Morgan fingerprint density at radius 1 is 0.818 bits per heavy atom. The lowest BCUT2D eigenvalue weighted by Gasteiger charge is -2.56. The summed E-state index contributed by atoms with van der Waals surface area (Å²) in [7, 11) is 0. The minimum Gasteiger partial charge on any atom is -0.390 e. The van der Waals surface area contributed by atoms with E-state index in [1.807, 2.05) is 68.6 Å². The number of hydrogen-bond acceptors (Lipinski definition) is 6. The standard InChI is InChI=1S/C36H29N5O3/c1-3-35(44)20-36(21-35,40-33(42)27-11-7-8-12-28(27)34(40)43)26-15-13-24(14-16-26)31-29(23-9-5-4-6-10-23)18-25-19-37-30-17-22(2)39-41(30)32(25)38-31/h4-19,44H,3,20-21H2,1-2H3/t35-,36+. The second-order valence-electron chi connectivity index (χ2n) is 12.0. The number of hydrogen-bond donors (Lipinski definition) is 1. The molecule has 216 valence electrons. The van der Waals surface area contributed by atoms with Crippen LogP contribution in [0.1, 0.15) is 58.2 Å². The molecule has 0 bridgehead atoms. The van der Waals surface area contributed by atoms with Crippen molar-refractivity contribution in [3.63, 3.8) is 0 Å². The summed E-state index contributed by atoms with van der Waals surface area (Å²) in [5.41, 5.74) is 5.66. The third-order valence-corrected chi connectivity index (χ3v) is 9.28. The molecule has 1 aliphatic heterocycles. The van der Waals surface area contributed by atoms with Crippen LogP contribution in [0.4, 0.5) is 0 Å². The summed E-state index contributed by atoms with van der Waals surface area (Å²) in [6.07, 6.45) is 2.94. The maximum Gasteiger partial charge on any atom is 0.262 e. The molecule has 6 aromatic rings. The molecule has 3 aromatic heterocycles. The van der Waals surface area contributed by atoms with Gasteiger partial charge in [-0.3, -0.25) is 14.5 Å². The molecule has 0 spiro atoms. The van der Waals surface area contributed by atoms with Crippen LogP contribution >= 0.6 is 0 Å². The van der Waals surface area contributed by atoms with Crippen molar-refractivity contribution in [1.29, 1.82) is 0 Å². The van der Waals surface area contributed by atoms with Crippen molar-refractivity contribution in [1.82, 2.24) is 24.5 Å². The van der Waals surface area contributed by atoms with E-state index in [1.54, 1.807) is 28.8 Å². The predicted octanol–water partition coefficient (Wildman–Crippen LogP) is 6.35. The topological polar surface area (TPSA) is 101 Å². The van der Waals surface area contributed by atoms with Crippen molar-refractivity contribution in [2.75, 3.05) is 0 Å². The van der Waals surface area contributed by atoms with Crippen LogP contribution in [0.3, 0.4) is 0 Å². The van der Waals surface area contributed by atoms with E-state index in [2.05, 4.69) is 28.3 Å². The number of carbonyl (C=O) groups excluding carboxylic acids is 2. The fourth-order valence-corrected chi connectivity index (χ4v) is 7.01. The Morgan fingerprint density at radius 2 is 1.48 bits per heavy atom. The van der Waals surface area contributed by atoms with Crippen LogP contribution in [0.5, 0.6) is 0 Å². The number of fused-ring (bicyclic) bond motifs is 4. The van der Waals surface area contributed by atoms with Gasteiger partial charge in [0.2, 0.25) is 0 Å². The van der Waals surface area contributed by atoms with Crippen LogP contribution in [0.2, 0.25) is 0 Å². The Bertz CT molecular complexity index is 2090. The van der Waals surface area contributed by atoms with Gasteiger partial charge in [-0.15, -0.1) is 0 Å². The maximum absolute atomic E-state index is 13.6. The first kappa shape index (κ1) is 26.4. The number of aryl methyl sites for hydroxylation is 1. The minimum absolute atomic E-state index is 0.286. The molecule has 44 heavy (non-hydrogen) atoms. The van der Waals surface area contributed by atoms with Crippen LogP contribution in [0.15, 0.2) is 97.2 Å². The third-order valence-electron chi connectivity index (χ3n) is 9.28. The van der Waals surface area contributed by atoms with Gasteiger partial charge < -0.3 is 5.11 Å². The molecule has 1 fully saturated rings. The van der Waals surface area contributed by atoms with E-state index in [0.29, 0.717) is 23.2 Å². The van der Waals surface area contributed by atoms with Gasteiger partial charge in [-0.25, -0.2) is 9.97 Å². The summed E-state index contributed by atoms with van der Waals surface area (Å²) < 4.78 is 1.77. The smallest absolute Gasteiger partial charge is 0.262 e. The zero-order valence-corrected chi connectivity index (χ0v) is 24.4. The van der Waals surface area contributed by atoms with E-state index in [0.717, 1.165) is 44.7 Å². The molecule has 4 heterocycles. The number of imide groups is 1. The first-order chi connectivity index (χ1) is 21.3. The number of aromatic nitrogens is 4. The van der Waals surface area contributed by atoms with Crippen molar-refractivity contribution < 1.29 is 14.7 Å². The van der Waals surface area contributed by atoms with E-state index >= 15 is 0 Å². The average molecular weight is 580 g/mol. The van der Waals surface area contributed by atoms with Crippen LogP contribution < -0.4 is 0 Å². The van der Waals surface area contributed by atoms with E-state index in [9.17, 15) is 14.7 Å². The average Bonchev–Trinajstić information content (AvgIpc) is 3.55. The fourth-order valence-electron chi connectivity index (χ4n) is 7.01. The lowest BCUT2D eigenvalue weighted by atomic mass is 9.59. The van der Waals surface area contributed by atoms with E-state index in [1.165, 1.54) is 4.90 Å². The number of amides is 2. The molecule has 1 saturated carbocycles. The molecular formula is C36H29N5O3. The number of pyridine rings is 1. The van der Waals surface area contributed by atoms with Gasteiger partial charge in [0.05, 0.1) is 33.7 Å². The number of aliphatic hydroxyl groups is 1. The zero-order valence-electron chi connectivity index (χ0n) is 24.4. The molecule has 8 heteroatoms. The van der Waals surface area contributed by atoms with Crippen molar-refractivity contribution in [3.05, 3.63) is 120 Å². The second-order valence-corrected chi connectivity index (χ2v) is 12.0. The molecular weight excluding hydrogens is 550 g/mol. The van der Waals surface area contributed by atoms with Gasteiger partial charge in [0.15, 0.2) is 11.3 Å². The molecule has 0 radical (unpaired) electrons. The molecule has 0 atom stereocenters. The summed E-state index contributed by atoms with van der Waals surface area (Å²) in [6.45, 7) is 3.86. The van der Waals surface area contributed by atoms with Gasteiger partial charge >= 0.3 is 0 Å². The van der Waals surface area contributed by atoms with Crippen LogP contribution in [-0.4, -0.2) is 47.0 Å². The number of benzene rings is 3. The molecule has 2 aliphatic rings. The molecule has 1 N–H and O–H groups in total. The quantitative estimate of drug-likeness (QED) is 0.239. The molecule has 8 rings (SSSR count). The SMILES string of the molecule is CC[C@]1(O)C[C@@](c2ccc(-c3nc4c(cnc5cc(C)nn54)cc3-c3ccccc3)cc2)(N2C(=O)c3ccccc3C2=O)C1. The molecule has 0 saturated heterocycles. The van der Waals surface area contributed by atoms with Gasteiger partial charge in [0.1, 0.15) is 0 Å². The summed E-state index contributed by atoms with van der Waals surface area (Å²) in [4.78, 5) is 38.4. The summed E-state index contributed by atoms with van der Waals surface area (Å²) >= 11 is 0. The fraction of sp³-hybridized carbons (Fsp3) is 0.194. The van der Waals surface area contributed by atoms with E-state index < -0.39 is 11.1 Å². The molecule has 8 nitrogen and oxygen atoms in total. The molecule has 3 aromatic carbocycles. The van der Waals surface area contributed by atoms with Gasteiger partial charge in [-0.2, -0.15) is 9.61 Å². The summed E-state index contributed by atoms with van der Waals surface area (Å²) in [6, 6.07) is 29.0. The zero-order chi connectivity index (χ0) is 30.2. The van der Waals surface area contributed by atoms with Crippen LogP contribution in [0, 0.1) is 6.92 Å². The van der Waals surface area contributed by atoms with Gasteiger partial charge in [0.25, 0.3) is 11.8 Å². The van der Waals surface area contributed by atoms with E-state index in [-0.39, 0.29) is 24.7 Å². The lowest BCUT2D eigenvalue weighted by molar-refractivity contribution is -0.132. The van der Waals surface area contributed by atoms with Gasteiger partial charge in [0, 0.05) is 41.6 Å². The highest BCUT2D eigenvalue weighted by Crippen LogP contribution is 2.56. The highest BCUT2D eigenvalue weighted by molar-refractivity contribution is 6.22. The number of carbonyl (C=O) groups is 2. The predicted molar refractivity (Wildman–Crippen MR) is 167 cm³/mol. The lowest BCUT2D eigenvalue weighted by Crippen LogP contribution is -2.64. The maximum atomic E-state index is 13.6. The van der Waals surface area contributed by atoms with Crippen LogP contribution in [-0.2, 0) is 5.54 Å². The Morgan fingerprint density at radius 3 is 2.14 bits per heavy atom. The monoisotopic (exact) mass is 579 g/mol. The first-order valence-electron chi connectivity index (χ1n) is 14.8. The van der Waals surface area contributed by atoms with Gasteiger partial charge in [-0.1, -0.05) is 73.7 Å². The molecule has 1 aliphatic carbocycles. The van der Waals surface area contributed by atoms with Crippen molar-refractivity contribution in [2.24, 2.45) is 0 Å². The Balaban J connectivity index is 1.27. The van der Waals surface area contributed by atoms with Gasteiger partial charge in [-0.05, 0) is 42.7 Å². The molecule has 2 amide bonds. The largest absolute Gasteiger partial charge is 0.390 e. The number of nitrogens with zero attached hydrogens (tertiary/aromatic N) is 5. The van der Waals surface area contributed by atoms with Crippen molar-refractivity contribution in [2.45, 2.75) is 44.2 Å². The van der Waals surface area contributed by atoms with E-state index in [4.69, 9.17) is 4.98 Å². The number of rotatable bonds is 5. The molecule has 0 unspecified atom stereocenters. The third kappa shape index (κ3) is 3.77. The van der Waals surface area contributed by atoms with Crippen molar-refractivity contribution in [3.8, 4) is 22.4 Å². The Hall–Kier alpha value is -5.21. The summed E-state index contributed by atoms with van der Waals surface area (Å²) in [5.74, 6) is -0.634. The van der Waals surface area contributed by atoms with Crippen LogP contribution in [0.25, 0.3) is 39.1 Å². The Labute approximate surface area is 253 Å². The second kappa shape index (κ2) is 9.39. The Kier molecular flexibility index (Phi) is 5.64. The highest BCUT2D eigenvalue weighted by atomic mass is 16.3. The first-order valence-corrected chi connectivity index (χ1v) is 14.8. The van der Waals surface area contributed by atoms with Crippen molar-refractivity contribution >= 4 is 28.5 Å². The normalized spacial score (nSPS) is 21.2. The highest BCUT2D eigenvalue weighted by Gasteiger charge is 2.61.